The van der Waals surface area contributed by atoms with Gasteiger partial charge in [0.2, 0.25) is 0 Å². The van der Waals surface area contributed by atoms with Crippen LogP contribution in [0.1, 0.15) is 24.0 Å². The zero-order chi connectivity index (χ0) is 17.1. The number of aliphatic hydroxyl groups excluding tert-OH is 1. The lowest BCUT2D eigenvalue weighted by atomic mass is 9.66. The van der Waals surface area contributed by atoms with Gasteiger partial charge in [-0.1, -0.05) is 12.2 Å². The van der Waals surface area contributed by atoms with Crippen LogP contribution in [0.15, 0.2) is 18.2 Å². The highest BCUT2D eigenvalue weighted by atomic mass is 16.5. The first-order chi connectivity index (χ1) is 11.4. The van der Waals surface area contributed by atoms with Crippen LogP contribution in [0.2, 0.25) is 0 Å². The van der Waals surface area contributed by atoms with Crippen LogP contribution in [-0.4, -0.2) is 44.6 Å². The van der Waals surface area contributed by atoms with Crippen molar-refractivity contribution in [3.8, 4) is 23.8 Å². The fourth-order valence-electron chi connectivity index (χ4n) is 4.87. The Labute approximate surface area is 143 Å². The van der Waals surface area contributed by atoms with Gasteiger partial charge < -0.3 is 14.6 Å². The highest BCUT2D eigenvalue weighted by Crippen LogP contribution is 2.60. The number of terminal acetylenes is 1. The van der Waals surface area contributed by atoms with Crippen LogP contribution in [0, 0.1) is 19.3 Å². The van der Waals surface area contributed by atoms with E-state index in [4.69, 9.17) is 15.9 Å². The van der Waals surface area contributed by atoms with Crippen LogP contribution in [0.25, 0.3) is 0 Å². The molecule has 2 aliphatic heterocycles. The molecule has 0 radical (unpaired) electrons. The van der Waals surface area contributed by atoms with Gasteiger partial charge in [-0.3, -0.25) is 4.48 Å². The number of rotatable bonds is 2. The largest absolute Gasteiger partial charge is 0.493 e. The molecule has 126 valence electrons. The molecular formula is C20H24NO3+. The highest BCUT2D eigenvalue weighted by Gasteiger charge is 2.58. The average Bonchev–Trinajstić information content (AvgIpc) is 2.87. The third-order valence-corrected chi connectivity index (χ3v) is 6.00. The van der Waals surface area contributed by atoms with Crippen LogP contribution in [0.4, 0.5) is 5.69 Å². The Kier molecular flexibility index (Phi) is 3.25. The number of hydrogen-bond donors (Lipinski definition) is 1. The normalized spacial score (nSPS) is 35.6. The topological polar surface area (TPSA) is 38.7 Å². The van der Waals surface area contributed by atoms with E-state index < -0.39 is 6.10 Å². The summed E-state index contributed by atoms with van der Waals surface area (Å²) >= 11 is 0. The summed E-state index contributed by atoms with van der Waals surface area (Å²) in [4.78, 5) is 0. The maximum atomic E-state index is 10.1. The summed E-state index contributed by atoms with van der Waals surface area (Å²) in [5.41, 5.74) is 3.50. The molecule has 1 aromatic carbocycles. The molecule has 0 amide bonds. The second-order valence-corrected chi connectivity index (χ2v) is 7.49. The van der Waals surface area contributed by atoms with Gasteiger partial charge in [0.15, 0.2) is 11.5 Å². The number of quaternary nitrogens is 1. The molecular weight excluding hydrogens is 302 g/mol. The zero-order valence-corrected chi connectivity index (χ0v) is 14.5. The van der Waals surface area contributed by atoms with Crippen LogP contribution in [-0.2, 0) is 5.41 Å². The van der Waals surface area contributed by atoms with Crippen LogP contribution in [0.3, 0.4) is 0 Å². The molecule has 3 unspecified atom stereocenters. The smallest absolute Gasteiger partial charge is 0.171 e. The van der Waals surface area contributed by atoms with Crippen LogP contribution in [0.5, 0.6) is 11.5 Å². The molecule has 0 fully saturated rings. The average molecular weight is 326 g/mol. The monoisotopic (exact) mass is 326 g/mol. The van der Waals surface area contributed by atoms with E-state index in [0.29, 0.717) is 13.0 Å². The summed E-state index contributed by atoms with van der Waals surface area (Å²) in [6, 6.07) is 2.05. The summed E-state index contributed by atoms with van der Waals surface area (Å²) < 4.78 is 12.7. The van der Waals surface area contributed by atoms with E-state index in [1.165, 1.54) is 16.8 Å². The second kappa shape index (κ2) is 5.02. The maximum absolute atomic E-state index is 10.1. The van der Waals surface area contributed by atoms with Crippen molar-refractivity contribution in [2.75, 3.05) is 27.2 Å². The van der Waals surface area contributed by atoms with Gasteiger partial charge in [-0.05, 0) is 18.9 Å². The SMILES string of the molecule is C#CC[N+]1(C)CCC23C=C[C@H](O)CC2Oc2c(OC)cc(C)c1c23. The van der Waals surface area contributed by atoms with Gasteiger partial charge in [-0.15, -0.1) is 6.42 Å². The summed E-state index contributed by atoms with van der Waals surface area (Å²) in [6.45, 7) is 3.75. The van der Waals surface area contributed by atoms with E-state index in [-0.39, 0.29) is 11.5 Å². The molecule has 4 heteroatoms. The molecule has 1 N–H and O–H groups in total. The molecule has 0 saturated carbocycles. The Morgan fingerprint density at radius 3 is 3.04 bits per heavy atom. The number of aliphatic hydroxyl groups is 1. The van der Waals surface area contributed by atoms with Gasteiger partial charge in [0.05, 0.1) is 37.8 Å². The number of aryl methyl sites for hydroxylation is 1. The van der Waals surface area contributed by atoms with Gasteiger partial charge in [0, 0.05) is 18.4 Å². The Bertz CT molecular complexity index is 778. The lowest BCUT2D eigenvalue weighted by Gasteiger charge is -2.46. The van der Waals surface area contributed by atoms with Crippen molar-refractivity contribution in [2.45, 2.75) is 37.4 Å². The molecule has 1 spiro atoms. The van der Waals surface area contributed by atoms with Gasteiger partial charge in [-0.25, -0.2) is 0 Å². The highest BCUT2D eigenvalue weighted by molar-refractivity contribution is 5.74. The molecule has 0 aromatic heterocycles. The predicted octanol–water partition coefficient (Wildman–Crippen LogP) is 2.30. The first-order valence-electron chi connectivity index (χ1n) is 8.50. The molecule has 2 heterocycles. The van der Waals surface area contributed by atoms with E-state index in [0.717, 1.165) is 28.9 Å². The number of nitrogens with zero attached hydrogens (tertiary/aromatic N) is 1. The van der Waals surface area contributed by atoms with Crippen molar-refractivity contribution in [3.05, 3.63) is 29.3 Å². The summed E-state index contributed by atoms with van der Waals surface area (Å²) in [5.74, 6) is 4.46. The first-order valence-corrected chi connectivity index (χ1v) is 8.50. The molecule has 4 nitrogen and oxygen atoms in total. The summed E-state index contributed by atoms with van der Waals surface area (Å²) in [5, 5.41) is 10.1. The van der Waals surface area contributed by atoms with E-state index in [1.807, 2.05) is 6.08 Å². The standard InChI is InChI=1S/C20H24NO3/c1-5-9-21(3)10-8-20-7-6-14(22)12-16(20)24-19-15(23-4)11-13(2)18(21)17(19)20/h1,6-7,11,14,16,22H,8-10,12H2,2-4H3/q+1/t14-,16?,20?,21?/m0/s1. The molecule has 1 aliphatic carbocycles. The first kappa shape index (κ1) is 15.6. The molecule has 0 bridgehead atoms. The number of ether oxygens (including phenoxy) is 2. The van der Waals surface area contributed by atoms with Crippen molar-refractivity contribution in [2.24, 2.45) is 0 Å². The van der Waals surface area contributed by atoms with Gasteiger partial charge in [0.25, 0.3) is 0 Å². The fraction of sp³-hybridized carbons (Fsp3) is 0.500. The maximum Gasteiger partial charge on any atom is 0.171 e. The lowest BCUT2D eigenvalue weighted by molar-refractivity contribution is 0.0788. The molecule has 4 atom stereocenters. The Morgan fingerprint density at radius 1 is 1.54 bits per heavy atom. The van der Waals surface area contributed by atoms with E-state index >= 15 is 0 Å². The molecule has 0 saturated heterocycles. The van der Waals surface area contributed by atoms with E-state index in [9.17, 15) is 5.11 Å². The minimum absolute atomic E-state index is 0.0402. The molecule has 4 rings (SSSR count). The van der Waals surface area contributed by atoms with Gasteiger partial charge >= 0.3 is 0 Å². The summed E-state index contributed by atoms with van der Waals surface area (Å²) in [7, 11) is 3.88. The molecule has 3 aliphatic rings. The Morgan fingerprint density at radius 2 is 2.33 bits per heavy atom. The lowest BCUT2D eigenvalue weighted by Crippen LogP contribution is -2.56. The third-order valence-electron chi connectivity index (χ3n) is 6.00. The van der Waals surface area contributed by atoms with Crippen molar-refractivity contribution >= 4 is 5.69 Å². The van der Waals surface area contributed by atoms with Gasteiger partial charge in [-0.2, -0.15) is 0 Å². The van der Waals surface area contributed by atoms with E-state index in [1.54, 1.807) is 7.11 Å². The number of hydrogen-bond acceptors (Lipinski definition) is 3. The van der Waals surface area contributed by atoms with Crippen LogP contribution >= 0.6 is 0 Å². The number of methoxy groups -OCH3 is 1. The molecule has 1 aromatic rings. The second-order valence-electron chi connectivity index (χ2n) is 7.49. The Hall–Kier alpha value is -1.96. The quantitative estimate of drug-likeness (QED) is 0.515. The molecule has 24 heavy (non-hydrogen) atoms. The van der Waals surface area contributed by atoms with Gasteiger partial charge in [0.1, 0.15) is 18.3 Å². The minimum atomic E-state index is -0.445. The van der Waals surface area contributed by atoms with E-state index in [2.05, 4.69) is 32.0 Å². The zero-order valence-electron chi connectivity index (χ0n) is 14.5. The van der Waals surface area contributed by atoms with Crippen molar-refractivity contribution in [3.63, 3.8) is 0 Å². The minimum Gasteiger partial charge on any atom is -0.493 e. The fourth-order valence-corrected chi connectivity index (χ4v) is 4.87. The third kappa shape index (κ3) is 1.83. The van der Waals surface area contributed by atoms with Crippen LogP contribution < -0.4 is 14.0 Å². The van der Waals surface area contributed by atoms with Crippen molar-refractivity contribution in [1.29, 1.82) is 0 Å². The van der Waals surface area contributed by atoms with Crippen molar-refractivity contribution in [1.82, 2.24) is 4.48 Å². The summed E-state index contributed by atoms with van der Waals surface area (Å²) in [6.07, 6.45) is 10.9. The predicted molar refractivity (Wildman–Crippen MR) is 94.5 cm³/mol. The number of benzene rings is 1. The van der Waals surface area contributed by atoms with Crippen molar-refractivity contribution < 1.29 is 14.6 Å². The Balaban J connectivity index is 2.02.